The molecule has 39 heavy (non-hydrogen) atoms. The zero-order chi connectivity index (χ0) is 27.8. The Morgan fingerprint density at radius 1 is 1.10 bits per heavy atom. The van der Waals surface area contributed by atoms with Gasteiger partial charge in [-0.3, -0.25) is 19.1 Å². The molecule has 1 saturated heterocycles. The molecule has 1 aromatic heterocycles. The Labute approximate surface area is 228 Å². The van der Waals surface area contributed by atoms with E-state index in [-0.39, 0.29) is 24.7 Å². The van der Waals surface area contributed by atoms with Crippen LogP contribution in [0.15, 0.2) is 82.5 Å². The highest BCUT2D eigenvalue weighted by Crippen LogP contribution is 2.39. The van der Waals surface area contributed by atoms with Crippen LogP contribution in [0.2, 0.25) is 0 Å². The Morgan fingerprint density at radius 3 is 2.46 bits per heavy atom. The SMILES string of the molecule is CC(C)OC(=O)C(Cc1ccccc1)NP(OCC1CC(C)C(n2ccc(=O)[nH]c2=O)O1)Oc1ccccc1. The first-order chi connectivity index (χ1) is 18.8. The molecule has 2 heterocycles. The lowest BCUT2D eigenvalue weighted by Crippen LogP contribution is -2.39. The first-order valence-electron chi connectivity index (χ1n) is 12.9. The van der Waals surface area contributed by atoms with E-state index in [1.165, 1.54) is 16.8 Å². The van der Waals surface area contributed by atoms with Crippen molar-refractivity contribution in [2.45, 2.75) is 58.1 Å². The minimum Gasteiger partial charge on any atom is -0.462 e. The summed E-state index contributed by atoms with van der Waals surface area (Å²) in [6, 6.07) is 19.5. The van der Waals surface area contributed by atoms with E-state index in [4.69, 9.17) is 18.5 Å². The van der Waals surface area contributed by atoms with Crippen LogP contribution in [-0.2, 0) is 25.2 Å². The summed E-state index contributed by atoms with van der Waals surface area (Å²) in [5, 5.41) is 3.24. The molecule has 10 nitrogen and oxygen atoms in total. The Hall–Kier alpha value is -3.30. The Bertz CT molecular complexity index is 1320. The highest BCUT2D eigenvalue weighted by atomic mass is 31.2. The van der Waals surface area contributed by atoms with Gasteiger partial charge in [0.1, 0.15) is 18.0 Å². The first-order valence-corrected chi connectivity index (χ1v) is 14.1. The second-order valence-corrected chi connectivity index (χ2v) is 10.9. The van der Waals surface area contributed by atoms with E-state index in [2.05, 4.69) is 10.1 Å². The number of hydrogen-bond donors (Lipinski definition) is 2. The fourth-order valence-electron chi connectivity index (χ4n) is 4.28. The van der Waals surface area contributed by atoms with Crippen LogP contribution < -0.4 is 20.9 Å². The van der Waals surface area contributed by atoms with Gasteiger partial charge in [0, 0.05) is 18.2 Å². The summed E-state index contributed by atoms with van der Waals surface area (Å²) in [6.45, 7) is 5.75. The monoisotopic (exact) mass is 555 g/mol. The molecule has 4 rings (SSSR count). The molecule has 0 amide bonds. The van der Waals surface area contributed by atoms with Gasteiger partial charge < -0.3 is 18.5 Å². The maximum absolute atomic E-state index is 13.0. The van der Waals surface area contributed by atoms with E-state index < -0.39 is 38.0 Å². The molecule has 11 heteroatoms. The molecule has 3 aromatic rings. The second-order valence-electron chi connectivity index (χ2n) is 9.69. The summed E-state index contributed by atoms with van der Waals surface area (Å²) in [6.07, 6.45) is 1.32. The molecule has 208 valence electrons. The lowest BCUT2D eigenvalue weighted by Gasteiger charge is -2.25. The molecule has 2 N–H and O–H groups in total. The van der Waals surface area contributed by atoms with E-state index in [1.54, 1.807) is 13.8 Å². The molecule has 5 atom stereocenters. The topological polar surface area (TPSA) is 121 Å². The summed E-state index contributed by atoms with van der Waals surface area (Å²) in [4.78, 5) is 39.0. The van der Waals surface area contributed by atoms with Gasteiger partial charge in [-0.1, -0.05) is 55.5 Å². The van der Waals surface area contributed by atoms with Gasteiger partial charge in [-0.2, -0.15) is 0 Å². The van der Waals surface area contributed by atoms with Crippen molar-refractivity contribution >= 4 is 14.5 Å². The van der Waals surface area contributed by atoms with Crippen LogP contribution in [0, 0.1) is 5.92 Å². The number of nitrogens with one attached hydrogen (secondary N) is 2. The molecule has 0 radical (unpaired) electrons. The van der Waals surface area contributed by atoms with Crippen molar-refractivity contribution in [3.05, 3.63) is 99.3 Å². The fraction of sp³-hybridized carbons (Fsp3) is 0.393. The van der Waals surface area contributed by atoms with Gasteiger partial charge in [-0.05, 0) is 44.4 Å². The van der Waals surface area contributed by atoms with Crippen molar-refractivity contribution in [2.75, 3.05) is 6.61 Å². The Morgan fingerprint density at radius 2 is 1.79 bits per heavy atom. The number of carbonyl (C=O) groups excluding carboxylic acids is 1. The number of aromatic amines is 1. The number of para-hydroxylation sites is 1. The zero-order valence-electron chi connectivity index (χ0n) is 22.2. The van der Waals surface area contributed by atoms with Crippen LogP contribution in [0.25, 0.3) is 0 Å². The summed E-state index contributed by atoms with van der Waals surface area (Å²) < 4.78 is 25.4. The van der Waals surface area contributed by atoms with E-state index >= 15 is 0 Å². The number of carbonyl (C=O) groups is 1. The molecule has 1 fully saturated rings. The second kappa shape index (κ2) is 13.7. The van der Waals surface area contributed by atoms with Crippen LogP contribution in [0.1, 0.15) is 39.0 Å². The molecule has 1 aliphatic heterocycles. The number of esters is 1. The third-order valence-electron chi connectivity index (χ3n) is 6.07. The van der Waals surface area contributed by atoms with Crippen LogP contribution in [0.3, 0.4) is 0 Å². The average Bonchev–Trinajstić information content (AvgIpc) is 3.27. The maximum Gasteiger partial charge on any atom is 0.330 e. The predicted molar refractivity (Wildman–Crippen MR) is 147 cm³/mol. The summed E-state index contributed by atoms with van der Waals surface area (Å²) >= 11 is 0. The quantitative estimate of drug-likeness (QED) is 0.255. The summed E-state index contributed by atoms with van der Waals surface area (Å²) in [5.74, 6) is 0.193. The third kappa shape index (κ3) is 8.34. The van der Waals surface area contributed by atoms with Gasteiger partial charge in [0.15, 0.2) is 0 Å². The fourth-order valence-corrected chi connectivity index (χ4v) is 5.53. The van der Waals surface area contributed by atoms with Crippen molar-refractivity contribution in [3.8, 4) is 5.75 Å². The van der Waals surface area contributed by atoms with Crippen molar-refractivity contribution in [1.29, 1.82) is 0 Å². The number of nitrogens with zero attached hydrogens (tertiary/aromatic N) is 1. The number of benzene rings is 2. The molecule has 0 saturated carbocycles. The molecule has 0 spiro atoms. The van der Waals surface area contributed by atoms with Crippen molar-refractivity contribution in [3.63, 3.8) is 0 Å². The average molecular weight is 556 g/mol. The Kier molecular flexibility index (Phi) is 10.1. The molecule has 2 aromatic carbocycles. The van der Waals surface area contributed by atoms with Gasteiger partial charge in [-0.15, -0.1) is 0 Å². The number of aromatic nitrogens is 2. The normalized spacial score (nSPS) is 20.5. The molecule has 5 unspecified atom stereocenters. The van der Waals surface area contributed by atoms with E-state index in [0.717, 1.165) is 5.56 Å². The van der Waals surface area contributed by atoms with Crippen molar-refractivity contribution in [2.24, 2.45) is 5.92 Å². The van der Waals surface area contributed by atoms with Gasteiger partial charge in [-0.25, -0.2) is 9.88 Å². The number of hydrogen-bond acceptors (Lipinski definition) is 8. The van der Waals surface area contributed by atoms with E-state index in [1.807, 2.05) is 67.6 Å². The number of ether oxygens (including phenoxy) is 2. The highest BCUT2D eigenvalue weighted by Gasteiger charge is 2.35. The van der Waals surface area contributed by atoms with E-state index in [9.17, 15) is 14.4 Å². The lowest BCUT2D eigenvalue weighted by atomic mass is 10.1. The predicted octanol–water partition coefficient (Wildman–Crippen LogP) is 3.94. The molecular weight excluding hydrogens is 521 g/mol. The number of H-pyrrole nitrogens is 1. The van der Waals surface area contributed by atoms with Gasteiger partial charge in [0.05, 0.1) is 18.8 Å². The van der Waals surface area contributed by atoms with Gasteiger partial charge >= 0.3 is 20.2 Å². The summed E-state index contributed by atoms with van der Waals surface area (Å²) in [5.41, 5.74) is -0.0187. The van der Waals surface area contributed by atoms with Crippen molar-refractivity contribution < 1.29 is 23.3 Å². The lowest BCUT2D eigenvalue weighted by molar-refractivity contribution is -0.149. The smallest absolute Gasteiger partial charge is 0.330 e. The molecule has 0 aliphatic carbocycles. The van der Waals surface area contributed by atoms with Crippen molar-refractivity contribution in [1.82, 2.24) is 14.6 Å². The third-order valence-corrected chi connectivity index (χ3v) is 7.35. The minimum absolute atomic E-state index is 0.00304. The van der Waals surface area contributed by atoms with Crippen LogP contribution >= 0.6 is 8.53 Å². The van der Waals surface area contributed by atoms with Gasteiger partial charge in [0.25, 0.3) is 5.56 Å². The minimum atomic E-state index is -1.79. The van der Waals surface area contributed by atoms with Crippen LogP contribution in [0.4, 0.5) is 0 Å². The largest absolute Gasteiger partial charge is 0.462 e. The van der Waals surface area contributed by atoms with Gasteiger partial charge in [0.2, 0.25) is 0 Å². The molecule has 1 aliphatic rings. The number of rotatable bonds is 12. The van der Waals surface area contributed by atoms with Crippen LogP contribution in [-0.4, -0.2) is 40.4 Å². The Balaban J connectivity index is 1.48. The highest BCUT2D eigenvalue weighted by molar-refractivity contribution is 7.45. The van der Waals surface area contributed by atoms with E-state index in [0.29, 0.717) is 18.6 Å². The first kappa shape index (κ1) is 28.7. The van der Waals surface area contributed by atoms with Crippen LogP contribution in [0.5, 0.6) is 5.75 Å². The molecular formula is C28H34N3O7P. The molecule has 0 bridgehead atoms. The zero-order valence-corrected chi connectivity index (χ0v) is 23.1. The standard InChI is InChI=1S/C28H34N3O7P/c1-19(2)36-27(33)24(17-21-10-6-4-7-11-21)30-39(38-22-12-8-5-9-13-22)35-18-23-16-20(3)26(37-23)31-15-14-25(32)29-28(31)34/h4-15,19-20,23-24,26,30H,16-18H2,1-3H3,(H,29,32,34). The maximum atomic E-state index is 13.0. The summed E-state index contributed by atoms with van der Waals surface area (Å²) in [7, 11) is -1.79.